The van der Waals surface area contributed by atoms with Crippen LogP contribution in [0.15, 0.2) is 97.1 Å². The van der Waals surface area contributed by atoms with E-state index in [2.05, 4.69) is 71.5 Å². The van der Waals surface area contributed by atoms with Gasteiger partial charge in [0.1, 0.15) is 0 Å². The van der Waals surface area contributed by atoms with Crippen molar-refractivity contribution in [1.29, 1.82) is 0 Å². The molecule has 0 aliphatic carbocycles. The summed E-state index contributed by atoms with van der Waals surface area (Å²) in [6, 6.07) is 32.1. The Bertz CT molecular complexity index is 1670. The molecule has 0 nitrogen and oxygen atoms in total. The van der Waals surface area contributed by atoms with Crippen LogP contribution in [0.25, 0.3) is 0 Å². The average molecular weight is 483 g/mol. The summed E-state index contributed by atoms with van der Waals surface area (Å²) in [5, 5.41) is 0. The van der Waals surface area contributed by atoms with Crippen LogP contribution in [0.3, 0.4) is 0 Å². The normalized spacial score (nSPS) is 11.8. The van der Waals surface area contributed by atoms with Crippen LogP contribution >= 0.6 is 0 Å². The van der Waals surface area contributed by atoms with Gasteiger partial charge in [-0.25, -0.2) is 0 Å². The molecule has 4 aromatic rings. The second-order valence-electron chi connectivity index (χ2n) is 9.13. The van der Waals surface area contributed by atoms with Crippen LogP contribution in [0.5, 0.6) is 0 Å². The maximum Gasteiger partial charge on any atom is 0.211 e. The topological polar surface area (TPSA) is 0 Å². The van der Waals surface area contributed by atoms with Crippen molar-refractivity contribution in [2.24, 2.45) is 0 Å². The molecule has 37 heavy (non-hydrogen) atoms. The molecule has 170 valence electrons. The molecule has 0 bridgehead atoms. The highest BCUT2D eigenvalue weighted by atomic mass is 28.3. The molecule has 0 fully saturated rings. The number of fused-ring (bicyclic) bond motifs is 2. The molecule has 1 heterocycles. The van der Waals surface area contributed by atoms with E-state index < -0.39 is 8.07 Å². The van der Waals surface area contributed by atoms with Crippen molar-refractivity contribution < 1.29 is 0 Å². The summed E-state index contributed by atoms with van der Waals surface area (Å²) in [5.41, 5.74) is 14.3. The predicted octanol–water partition coefficient (Wildman–Crippen LogP) is 6.39. The molecule has 0 radical (unpaired) electrons. The minimum atomic E-state index is -2.11. The first-order valence-electron chi connectivity index (χ1n) is 12.0. The Hall–Kier alpha value is -5.10. The van der Waals surface area contributed by atoms with Gasteiger partial charge in [0.25, 0.3) is 0 Å². The maximum atomic E-state index is 3.48. The molecule has 1 aliphatic heterocycles. The minimum Gasteiger partial charge on any atom is -0.111 e. The Morgan fingerprint density at radius 2 is 0.838 bits per heavy atom. The fourth-order valence-corrected chi connectivity index (χ4v) is 4.57. The number of benzene rings is 4. The first kappa shape index (κ1) is 23.6. The predicted molar refractivity (Wildman–Crippen MR) is 155 cm³/mol. The van der Waals surface area contributed by atoms with Crippen molar-refractivity contribution in [3.8, 4) is 58.5 Å². The molecular formula is C36H22Si. The Kier molecular flexibility index (Phi) is 6.81. The van der Waals surface area contributed by atoms with Gasteiger partial charge in [0, 0.05) is 44.5 Å². The van der Waals surface area contributed by atoms with Crippen molar-refractivity contribution in [1.82, 2.24) is 0 Å². The molecule has 0 aromatic heterocycles. The summed E-state index contributed by atoms with van der Waals surface area (Å²) >= 11 is 0. The maximum absolute atomic E-state index is 3.48. The van der Waals surface area contributed by atoms with Crippen LogP contribution in [0, 0.1) is 58.5 Å². The smallest absolute Gasteiger partial charge is 0.111 e. The van der Waals surface area contributed by atoms with Crippen LogP contribution in [0.2, 0.25) is 13.1 Å². The van der Waals surface area contributed by atoms with E-state index in [1.165, 1.54) is 0 Å². The summed E-state index contributed by atoms with van der Waals surface area (Å²) in [6.07, 6.45) is 0. The lowest BCUT2D eigenvalue weighted by Gasteiger charge is -2.05. The standard InChI is InChI=1S/C36H22Si/c1-37(2)25-23-35-27-31(15-13-29-9-5-3-6-10-29)17-19-33(35)21-22-34-20-18-32(28-36(34)24-26-37)16-14-30-11-7-4-8-12-30/h3-12,17-20,27-28H,1-2H3. The van der Waals surface area contributed by atoms with Gasteiger partial charge in [-0.3, -0.25) is 0 Å². The lowest BCUT2D eigenvalue weighted by molar-refractivity contribution is 1.53. The van der Waals surface area contributed by atoms with Crippen molar-refractivity contribution >= 4 is 8.07 Å². The third-order valence-corrected chi connectivity index (χ3v) is 7.14. The van der Waals surface area contributed by atoms with Crippen LogP contribution < -0.4 is 0 Å². The minimum absolute atomic E-state index is 0.892. The first-order chi connectivity index (χ1) is 18.0. The molecule has 0 saturated carbocycles. The van der Waals surface area contributed by atoms with Gasteiger partial charge in [-0.15, -0.1) is 11.1 Å². The van der Waals surface area contributed by atoms with Gasteiger partial charge in [0.15, 0.2) is 0 Å². The summed E-state index contributed by atoms with van der Waals surface area (Å²) in [4.78, 5) is 0. The van der Waals surface area contributed by atoms with Crippen molar-refractivity contribution in [2.45, 2.75) is 13.1 Å². The summed E-state index contributed by atoms with van der Waals surface area (Å²) in [7, 11) is -2.11. The van der Waals surface area contributed by atoms with Crippen LogP contribution in [-0.4, -0.2) is 8.07 Å². The molecule has 0 saturated heterocycles. The second-order valence-corrected chi connectivity index (χ2v) is 12.9. The van der Waals surface area contributed by atoms with Crippen LogP contribution in [0.1, 0.15) is 44.5 Å². The monoisotopic (exact) mass is 482 g/mol. The van der Waals surface area contributed by atoms with E-state index >= 15 is 0 Å². The SMILES string of the molecule is C[Si]1(C)C#Cc2cc(C#Cc3ccccc3)ccc2C#Cc2ccc(C#Cc3ccccc3)cc2C#C1. The second kappa shape index (κ2) is 10.7. The zero-order valence-corrected chi connectivity index (χ0v) is 21.7. The molecule has 4 aromatic carbocycles. The molecule has 1 heteroatoms. The van der Waals surface area contributed by atoms with Gasteiger partial charge in [0.05, 0.1) is 0 Å². The Morgan fingerprint density at radius 1 is 0.432 bits per heavy atom. The largest absolute Gasteiger partial charge is 0.211 e. The Morgan fingerprint density at radius 3 is 1.27 bits per heavy atom. The Balaban J connectivity index is 1.54. The quantitative estimate of drug-likeness (QED) is 0.201. The highest BCUT2D eigenvalue weighted by Gasteiger charge is 2.15. The molecule has 0 amide bonds. The number of hydrogen-bond donors (Lipinski definition) is 0. The highest BCUT2D eigenvalue weighted by Crippen LogP contribution is 2.15. The summed E-state index contributed by atoms with van der Waals surface area (Å²) in [6.45, 7) is 4.34. The van der Waals surface area contributed by atoms with Gasteiger partial charge in [-0.05, 0) is 73.8 Å². The van der Waals surface area contributed by atoms with Gasteiger partial charge >= 0.3 is 0 Å². The van der Waals surface area contributed by atoms with E-state index in [0.717, 1.165) is 44.5 Å². The van der Waals surface area contributed by atoms with E-state index in [-0.39, 0.29) is 0 Å². The average Bonchev–Trinajstić information content (AvgIpc) is 2.95. The molecule has 0 spiro atoms. The van der Waals surface area contributed by atoms with E-state index in [1.807, 2.05) is 97.1 Å². The summed E-state index contributed by atoms with van der Waals surface area (Å²) in [5.74, 6) is 26.4. The fourth-order valence-electron chi connectivity index (χ4n) is 3.61. The number of rotatable bonds is 0. The lowest BCUT2D eigenvalue weighted by atomic mass is 10.0. The van der Waals surface area contributed by atoms with Crippen LogP contribution in [0.4, 0.5) is 0 Å². The first-order valence-corrected chi connectivity index (χ1v) is 15.0. The summed E-state index contributed by atoms with van der Waals surface area (Å²) < 4.78 is 0. The van der Waals surface area contributed by atoms with E-state index in [1.54, 1.807) is 0 Å². The third-order valence-electron chi connectivity index (χ3n) is 5.64. The molecule has 1 aliphatic rings. The molecule has 0 N–H and O–H groups in total. The van der Waals surface area contributed by atoms with E-state index in [9.17, 15) is 0 Å². The zero-order chi connectivity index (χ0) is 25.5. The van der Waals surface area contributed by atoms with Crippen LogP contribution in [-0.2, 0) is 0 Å². The molecular weight excluding hydrogens is 460 g/mol. The van der Waals surface area contributed by atoms with E-state index in [4.69, 9.17) is 0 Å². The van der Waals surface area contributed by atoms with Crippen molar-refractivity contribution in [2.75, 3.05) is 0 Å². The van der Waals surface area contributed by atoms with Crippen molar-refractivity contribution in [3.05, 3.63) is 142 Å². The number of hydrogen-bond acceptors (Lipinski definition) is 0. The van der Waals surface area contributed by atoms with Gasteiger partial charge in [-0.1, -0.05) is 83.8 Å². The fraction of sp³-hybridized carbons (Fsp3) is 0.0556. The third kappa shape index (κ3) is 6.32. The van der Waals surface area contributed by atoms with Gasteiger partial charge in [-0.2, -0.15) is 0 Å². The zero-order valence-electron chi connectivity index (χ0n) is 20.7. The molecule has 0 atom stereocenters. The highest BCUT2D eigenvalue weighted by molar-refractivity contribution is 6.92. The van der Waals surface area contributed by atoms with Gasteiger partial charge < -0.3 is 0 Å². The molecule has 0 unspecified atom stereocenters. The lowest BCUT2D eigenvalue weighted by Crippen LogP contribution is -2.21. The van der Waals surface area contributed by atoms with E-state index in [0.29, 0.717) is 0 Å². The van der Waals surface area contributed by atoms with Gasteiger partial charge in [0.2, 0.25) is 8.07 Å². The molecule has 5 rings (SSSR count). The Labute approximate surface area is 220 Å². The van der Waals surface area contributed by atoms with Crippen molar-refractivity contribution in [3.63, 3.8) is 0 Å².